The average Bonchev–Trinajstić information content (AvgIpc) is 2.67. The summed E-state index contributed by atoms with van der Waals surface area (Å²) in [7, 11) is 1.50. The molecule has 1 aromatic heterocycles. The summed E-state index contributed by atoms with van der Waals surface area (Å²) in [6.45, 7) is 3.33. The van der Waals surface area contributed by atoms with E-state index < -0.39 is 0 Å². The van der Waals surface area contributed by atoms with Gasteiger partial charge in [-0.25, -0.2) is 0 Å². The van der Waals surface area contributed by atoms with Crippen molar-refractivity contribution in [1.29, 1.82) is 0 Å². The van der Waals surface area contributed by atoms with E-state index in [0.29, 0.717) is 5.92 Å². The molecule has 0 bridgehead atoms. The molecule has 2 heterocycles. The van der Waals surface area contributed by atoms with Gasteiger partial charge in [-0.3, -0.25) is 4.79 Å². The number of carbonyl (C=O) groups is 1. The van der Waals surface area contributed by atoms with E-state index in [1.165, 1.54) is 12.8 Å². The second-order valence-corrected chi connectivity index (χ2v) is 5.61. The predicted molar refractivity (Wildman–Crippen MR) is 64.5 cm³/mol. The van der Waals surface area contributed by atoms with Crippen molar-refractivity contribution in [2.24, 2.45) is 17.3 Å². The van der Waals surface area contributed by atoms with E-state index in [2.05, 4.69) is 29.8 Å². The molecule has 92 valence electrons. The van der Waals surface area contributed by atoms with Crippen LogP contribution in [0.3, 0.4) is 0 Å². The summed E-state index contributed by atoms with van der Waals surface area (Å²) in [5.41, 5.74) is 1.55. The third kappa shape index (κ3) is 1.52. The van der Waals surface area contributed by atoms with Gasteiger partial charge in [0.25, 0.3) is 0 Å². The van der Waals surface area contributed by atoms with Crippen LogP contribution >= 0.6 is 0 Å². The normalized spacial score (nSPS) is 35.2. The number of aromatic nitrogens is 1. The molecule has 3 nitrogen and oxygen atoms in total. The van der Waals surface area contributed by atoms with Crippen molar-refractivity contribution < 1.29 is 9.53 Å². The van der Waals surface area contributed by atoms with Gasteiger partial charge in [-0.2, -0.15) is 0 Å². The van der Waals surface area contributed by atoms with E-state index in [9.17, 15) is 4.79 Å². The lowest BCUT2D eigenvalue weighted by Crippen LogP contribution is -2.12. The number of hydrogen-bond acceptors (Lipinski definition) is 2. The van der Waals surface area contributed by atoms with Crippen molar-refractivity contribution in [3.05, 3.63) is 24.0 Å². The first-order chi connectivity index (χ1) is 8.16. The van der Waals surface area contributed by atoms with Crippen LogP contribution in [0.15, 0.2) is 18.3 Å². The Morgan fingerprint density at radius 3 is 3.18 bits per heavy atom. The van der Waals surface area contributed by atoms with Gasteiger partial charge < -0.3 is 9.30 Å². The number of aryl methyl sites for hydroxylation is 1. The predicted octanol–water partition coefficient (Wildman–Crippen LogP) is 2.25. The number of rotatable bonds is 1. The van der Waals surface area contributed by atoms with Gasteiger partial charge in [0.2, 0.25) is 0 Å². The van der Waals surface area contributed by atoms with Crippen LogP contribution in [-0.2, 0) is 22.5 Å². The number of hydrogen-bond donors (Lipinski definition) is 0. The SMILES string of the molecule is COC(=O)[C@H]1[C@H]2Cc3cccn3CCC[C@]21C. The van der Waals surface area contributed by atoms with E-state index in [1.54, 1.807) is 0 Å². The van der Waals surface area contributed by atoms with E-state index in [1.807, 2.05) is 0 Å². The summed E-state index contributed by atoms with van der Waals surface area (Å²) in [6.07, 6.45) is 5.45. The maximum atomic E-state index is 11.8. The number of esters is 1. The molecular formula is C14H19NO2. The fraction of sp³-hybridized carbons (Fsp3) is 0.643. The number of ether oxygens (including phenoxy) is 1. The molecular weight excluding hydrogens is 214 g/mol. The van der Waals surface area contributed by atoms with Crippen LogP contribution in [0, 0.1) is 17.3 Å². The Morgan fingerprint density at radius 2 is 2.41 bits per heavy atom. The monoisotopic (exact) mass is 233 g/mol. The molecule has 2 aliphatic rings. The lowest BCUT2D eigenvalue weighted by molar-refractivity contribution is -0.143. The summed E-state index contributed by atoms with van der Waals surface area (Å²) < 4.78 is 7.26. The molecule has 3 heteroatoms. The highest BCUT2D eigenvalue weighted by Gasteiger charge is 2.64. The van der Waals surface area contributed by atoms with Crippen LogP contribution in [0.2, 0.25) is 0 Å². The lowest BCUT2D eigenvalue weighted by Gasteiger charge is -2.17. The van der Waals surface area contributed by atoms with Gasteiger partial charge in [-0.05, 0) is 42.7 Å². The molecule has 0 spiro atoms. The standard InChI is InChI=1S/C14H19NO2/c1-14-6-4-8-15-7-3-5-10(15)9-11(14)12(14)13(16)17-2/h3,5,7,11-12H,4,6,8-9H2,1-2H3/t11-,12-,14-/m1/s1. The zero-order valence-corrected chi connectivity index (χ0v) is 10.5. The minimum absolute atomic E-state index is 0.0162. The fourth-order valence-corrected chi connectivity index (χ4v) is 3.62. The van der Waals surface area contributed by atoms with Gasteiger partial charge in [0.1, 0.15) is 0 Å². The van der Waals surface area contributed by atoms with Crippen molar-refractivity contribution >= 4 is 5.97 Å². The van der Waals surface area contributed by atoms with E-state index in [0.717, 1.165) is 25.8 Å². The van der Waals surface area contributed by atoms with Crippen molar-refractivity contribution in [2.45, 2.75) is 32.7 Å². The van der Waals surface area contributed by atoms with Crippen LogP contribution in [0.4, 0.5) is 0 Å². The highest BCUT2D eigenvalue weighted by Crippen LogP contribution is 2.63. The van der Waals surface area contributed by atoms with Crippen LogP contribution in [0.25, 0.3) is 0 Å². The Labute approximate surface area is 102 Å². The molecule has 0 unspecified atom stereocenters. The molecule has 0 N–H and O–H groups in total. The van der Waals surface area contributed by atoms with E-state index in [-0.39, 0.29) is 17.3 Å². The van der Waals surface area contributed by atoms with E-state index in [4.69, 9.17) is 4.74 Å². The van der Waals surface area contributed by atoms with Crippen LogP contribution < -0.4 is 0 Å². The fourth-order valence-electron chi connectivity index (χ4n) is 3.62. The first kappa shape index (κ1) is 10.9. The number of carbonyl (C=O) groups excluding carboxylic acids is 1. The quantitative estimate of drug-likeness (QED) is 0.697. The van der Waals surface area contributed by atoms with Gasteiger partial charge >= 0.3 is 5.97 Å². The van der Waals surface area contributed by atoms with Crippen LogP contribution in [-0.4, -0.2) is 17.6 Å². The van der Waals surface area contributed by atoms with Crippen LogP contribution in [0.1, 0.15) is 25.5 Å². The Balaban J connectivity index is 1.87. The number of nitrogens with zero attached hydrogens (tertiary/aromatic N) is 1. The maximum Gasteiger partial charge on any atom is 0.309 e. The van der Waals surface area contributed by atoms with E-state index >= 15 is 0 Å². The molecule has 0 amide bonds. The van der Waals surface area contributed by atoms with Gasteiger partial charge in [0.15, 0.2) is 0 Å². The maximum absolute atomic E-state index is 11.8. The summed E-state index contributed by atoms with van der Waals surface area (Å²) in [5.74, 6) is 0.579. The second kappa shape index (κ2) is 3.62. The van der Waals surface area contributed by atoms with Gasteiger partial charge in [0.05, 0.1) is 13.0 Å². The molecule has 1 aliphatic heterocycles. The molecule has 1 fully saturated rings. The average molecular weight is 233 g/mol. The van der Waals surface area contributed by atoms with Crippen molar-refractivity contribution in [3.63, 3.8) is 0 Å². The Morgan fingerprint density at radius 1 is 1.59 bits per heavy atom. The Bertz CT molecular complexity index is 451. The van der Waals surface area contributed by atoms with Gasteiger partial charge in [-0.15, -0.1) is 0 Å². The van der Waals surface area contributed by atoms with Crippen molar-refractivity contribution in [3.8, 4) is 0 Å². The third-order valence-corrected chi connectivity index (χ3v) is 4.77. The highest BCUT2D eigenvalue weighted by atomic mass is 16.5. The molecule has 3 atom stereocenters. The summed E-state index contributed by atoms with van der Waals surface area (Å²) in [6, 6.07) is 4.28. The zero-order chi connectivity index (χ0) is 12.0. The molecule has 0 aromatic carbocycles. The first-order valence-electron chi connectivity index (χ1n) is 6.38. The smallest absolute Gasteiger partial charge is 0.309 e. The van der Waals surface area contributed by atoms with Crippen molar-refractivity contribution in [2.75, 3.05) is 7.11 Å². The van der Waals surface area contributed by atoms with Crippen molar-refractivity contribution in [1.82, 2.24) is 4.57 Å². The summed E-state index contributed by atoms with van der Waals surface area (Å²) >= 11 is 0. The van der Waals surface area contributed by atoms with Gasteiger partial charge in [-0.1, -0.05) is 6.92 Å². The molecule has 1 aliphatic carbocycles. The third-order valence-electron chi connectivity index (χ3n) is 4.77. The number of methoxy groups -OCH3 is 1. The molecule has 1 saturated carbocycles. The summed E-state index contributed by atoms with van der Waals surface area (Å²) in [5, 5.41) is 0. The molecule has 0 radical (unpaired) electrons. The highest BCUT2D eigenvalue weighted by molar-refractivity contribution is 5.77. The Kier molecular flexibility index (Phi) is 2.32. The Hall–Kier alpha value is -1.25. The molecule has 0 saturated heterocycles. The molecule has 1 aromatic rings. The zero-order valence-electron chi connectivity index (χ0n) is 10.5. The number of fused-ring (bicyclic) bond motifs is 2. The topological polar surface area (TPSA) is 31.2 Å². The minimum atomic E-state index is -0.0162. The first-order valence-corrected chi connectivity index (χ1v) is 6.38. The lowest BCUT2D eigenvalue weighted by atomic mass is 9.95. The second-order valence-electron chi connectivity index (χ2n) is 5.61. The minimum Gasteiger partial charge on any atom is -0.469 e. The largest absolute Gasteiger partial charge is 0.469 e. The van der Waals surface area contributed by atoms with Gasteiger partial charge in [0, 0.05) is 18.4 Å². The molecule has 17 heavy (non-hydrogen) atoms. The van der Waals surface area contributed by atoms with Crippen LogP contribution in [0.5, 0.6) is 0 Å². The summed E-state index contributed by atoms with van der Waals surface area (Å²) in [4.78, 5) is 11.8. The molecule has 3 rings (SSSR count).